The van der Waals surface area contributed by atoms with Crippen molar-refractivity contribution in [2.24, 2.45) is 0 Å². The number of aromatic nitrogens is 1. The minimum atomic E-state index is 0.108. The fraction of sp³-hybridized carbons (Fsp3) is 0.375. The summed E-state index contributed by atoms with van der Waals surface area (Å²) in [6.07, 6.45) is 1.75. The van der Waals surface area contributed by atoms with Gasteiger partial charge in [0.1, 0.15) is 0 Å². The quantitative estimate of drug-likeness (QED) is 0.627. The van der Waals surface area contributed by atoms with Gasteiger partial charge in [0.15, 0.2) is 5.78 Å². The molecule has 0 aliphatic rings. The van der Waals surface area contributed by atoms with E-state index in [1.165, 1.54) is 0 Å². The molecule has 3 nitrogen and oxygen atoms in total. The van der Waals surface area contributed by atoms with Gasteiger partial charge in [0.05, 0.1) is 12.2 Å². The van der Waals surface area contributed by atoms with E-state index in [0.29, 0.717) is 12.2 Å². The van der Waals surface area contributed by atoms with Crippen molar-refractivity contribution >= 4 is 5.78 Å². The molecule has 0 saturated carbocycles. The van der Waals surface area contributed by atoms with Crippen LogP contribution in [0.4, 0.5) is 0 Å². The van der Waals surface area contributed by atoms with Crippen LogP contribution >= 0.6 is 0 Å². The Bertz CT molecular complexity index is 216. The Morgan fingerprint density at radius 2 is 2.55 bits per heavy atom. The number of rotatable bonds is 4. The molecular weight excluding hydrogens is 140 g/mol. The van der Waals surface area contributed by atoms with Crippen molar-refractivity contribution in [2.75, 3.05) is 13.1 Å². The van der Waals surface area contributed by atoms with E-state index in [-0.39, 0.29) is 5.78 Å². The predicted octanol–water partition coefficient (Wildman–Crippen LogP) is 0.807. The number of Topliss-reactive ketones (excluding diaryl/α,β-unsaturated/α-hetero) is 1. The van der Waals surface area contributed by atoms with E-state index < -0.39 is 0 Å². The molecule has 1 heterocycles. The number of nitrogens with one attached hydrogen (secondary N) is 2. The Morgan fingerprint density at radius 1 is 1.73 bits per heavy atom. The highest BCUT2D eigenvalue weighted by Gasteiger charge is 2.03. The molecule has 60 valence electrons. The van der Waals surface area contributed by atoms with E-state index >= 15 is 0 Å². The van der Waals surface area contributed by atoms with Gasteiger partial charge in [0.25, 0.3) is 0 Å². The molecule has 0 spiro atoms. The topological polar surface area (TPSA) is 44.9 Å². The first kappa shape index (κ1) is 8.01. The second kappa shape index (κ2) is 3.93. The minimum Gasteiger partial charge on any atom is -0.359 e. The first-order chi connectivity index (χ1) is 5.34. The molecule has 0 amide bonds. The lowest BCUT2D eigenvalue weighted by molar-refractivity contribution is 0.0987. The van der Waals surface area contributed by atoms with Gasteiger partial charge >= 0.3 is 0 Å². The molecule has 3 heteroatoms. The summed E-state index contributed by atoms with van der Waals surface area (Å²) in [5.41, 5.74) is 0.672. The number of likely N-dealkylation sites (N-methyl/N-ethyl adjacent to an activating group) is 1. The maximum Gasteiger partial charge on any atom is 0.192 e. The van der Waals surface area contributed by atoms with Crippen molar-refractivity contribution < 1.29 is 4.79 Å². The Balaban J connectivity index is 2.43. The number of aromatic amines is 1. The lowest BCUT2D eigenvalue weighted by Gasteiger charge is -1.97. The minimum absolute atomic E-state index is 0.108. The number of carbonyl (C=O) groups excluding carboxylic acids is 1. The average molecular weight is 152 g/mol. The molecule has 1 aromatic rings. The second-order valence-electron chi connectivity index (χ2n) is 2.29. The second-order valence-corrected chi connectivity index (χ2v) is 2.29. The zero-order valence-corrected chi connectivity index (χ0v) is 6.55. The number of carbonyl (C=O) groups is 1. The molecule has 0 saturated heterocycles. The molecule has 0 bridgehead atoms. The molecule has 2 N–H and O–H groups in total. The van der Waals surface area contributed by atoms with Crippen molar-refractivity contribution in [3.63, 3.8) is 0 Å². The van der Waals surface area contributed by atoms with Crippen LogP contribution in [0.3, 0.4) is 0 Å². The standard InChI is InChI=1S/C8H12N2O/c1-2-9-6-8(11)7-4-3-5-10-7/h3-5,9-10H,2,6H2,1H3. The third-order valence-electron chi connectivity index (χ3n) is 1.43. The van der Waals surface area contributed by atoms with Crippen molar-refractivity contribution in [3.8, 4) is 0 Å². The maximum absolute atomic E-state index is 11.2. The lowest BCUT2D eigenvalue weighted by atomic mass is 10.3. The van der Waals surface area contributed by atoms with Crippen LogP contribution in [-0.2, 0) is 0 Å². The van der Waals surface area contributed by atoms with Gasteiger partial charge in [-0.3, -0.25) is 4.79 Å². The van der Waals surface area contributed by atoms with Crippen molar-refractivity contribution in [3.05, 3.63) is 24.0 Å². The van der Waals surface area contributed by atoms with Gasteiger partial charge < -0.3 is 10.3 Å². The Labute approximate surface area is 65.8 Å². The first-order valence-electron chi connectivity index (χ1n) is 3.72. The summed E-state index contributed by atoms with van der Waals surface area (Å²) in [7, 11) is 0. The molecule has 0 fully saturated rings. The SMILES string of the molecule is CCNCC(=O)c1ccc[nH]1. The van der Waals surface area contributed by atoms with Gasteiger partial charge in [-0.05, 0) is 18.7 Å². The third-order valence-corrected chi connectivity index (χ3v) is 1.43. The highest BCUT2D eigenvalue weighted by Crippen LogP contribution is 1.94. The fourth-order valence-corrected chi connectivity index (χ4v) is 0.838. The maximum atomic E-state index is 11.2. The predicted molar refractivity (Wildman–Crippen MR) is 43.7 cm³/mol. The molecular formula is C8H12N2O. The average Bonchev–Trinajstić information content (AvgIpc) is 2.52. The summed E-state index contributed by atoms with van der Waals surface area (Å²) in [5, 5.41) is 2.97. The summed E-state index contributed by atoms with van der Waals surface area (Å²) < 4.78 is 0. The van der Waals surface area contributed by atoms with Crippen molar-refractivity contribution in [1.82, 2.24) is 10.3 Å². The smallest absolute Gasteiger partial charge is 0.192 e. The fourth-order valence-electron chi connectivity index (χ4n) is 0.838. The van der Waals surface area contributed by atoms with Crippen molar-refractivity contribution in [2.45, 2.75) is 6.92 Å². The van der Waals surface area contributed by atoms with E-state index in [2.05, 4.69) is 10.3 Å². The molecule has 0 atom stereocenters. The molecule has 1 rings (SSSR count). The number of hydrogen-bond acceptors (Lipinski definition) is 2. The largest absolute Gasteiger partial charge is 0.359 e. The molecule has 0 radical (unpaired) electrons. The number of ketones is 1. The monoisotopic (exact) mass is 152 g/mol. The molecule has 1 aromatic heterocycles. The molecule has 0 aliphatic heterocycles. The van der Waals surface area contributed by atoms with E-state index in [9.17, 15) is 4.79 Å². The summed E-state index contributed by atoms with van der Waals surface area (Å²) >= 11 is 0. The van der Waals surface area contributed by atoms with Crippen LogP contribution in [0.25, 0.3) is 0 Å². The van der Waals surface area contributed by atoms with Gasteiger partial charge in [-0.1, -0.05) is 6.92 Å². The van der Waals surface area contributed by atoms with E-state index in [4.69, 9.17) is 0 Å². The Kier molecular flexibility index (Phi) is 2.86. The molecule has 0 unspecified atom stereocenters. The van der Waals surface area contributed by atoms with Crippen LogP contribution in [0.15, 0.2) is 18.3 Å². The van der Waals surface area contributed by atoms with Crippen molar-refractivity contribution in [1.29, 1.82) is 0 Å². The van der Waals surface area contributed by atoms with Gasteiger partial charge in [-0.2, -0.15) is 0 Å². The molecule has 0 aromatic carbocycles. The van der Waals surface area contributed by atoms with Crippen LogP contribution in [-0.4, -0.2) is 23.9 Å². The highest BCUT2D eigenvalue weighted by atomic mass is 16.1. The van der Waals surface area contributed by atoms with E-state index in [1.807, 2.05) is 13.0 Å². The van der Waals surface area contributed by atoms with Crippen LogP contribution in [0.5, 0.6) is 0 Å². The summed E-state index contributed by atoms with van der Waals surface area (Å²) in [6, 6.07) is 3.60. The lowest BCUT2D eigenvalue weighted by Crippen LogP contribution is -2.22. The van der Waals surface area contributed by atoms with Gasteiger partial charge in [0.2, 0.25) is 0 Å². The normalized spacial score (nSPS) is 9.91. The van der Waals surface area contributed by atoms with Gasteiger partial charge in [-0.25, -0.2) is 0 Å². The van der Waals surface area contributed by atoms with Gasteiger partial charge in [-0.15, -0.1) is 0 Å². The zero-order chi connectivity index (χ0) is 8.10. The summed E-state index contributed by atoms with van der Waals surface area (Å²) in [5.74, 6) is 0.108. The van der Waals surface area contributed by atoms with Gasteiger partial charge in [0, 0.05) is 6.20 Å². The third kappa shape index (κ3) is 2.20. The molecule has 11 heavy (non-hydrogen) atoms. The number of hydrogen-bond donors (Lipinski definition) is 2. The number of H-pyrrole nitrogens is 1. The highest BCUT2D eigenvalue weighted by molar-refractivity contribution is 5.95. The van der Waals surface area contributed by atoms with E-state index in [1.54, 1.807) is 12.3 Å². The van der Waals surface area contributed by atoms with Crippen LogP contribution < -0.4 is 5.32 Å². The Morgan fingerprint density at radius 3 is 3.09 bits per heavy atom. The van der Waals surface area contributed by atoms with Crippen LogP contribution in [0, 0.1) is 0 Å². The first-order valence-corrected chi connectivity index (χ1v) is 3.72. The zero-order valence-electron chi connectivity index (χ0n) is 6.55. The summed E-state index contributed by atoms with van der Waals surface area (Å²) in [6.45, 7) is 3.21. The van der Waals surface area contributed by atoms with Crippen LogP contribution in [0.2, 0.25) is 0 Å². The van der Waals surface area contributed by atoms with E-state index in [0.717, 1.165) is 6.54 Å². The molecule has 0 aliphatic carbocycles. The summed E-state index contributed by atoms with van der Waals surface area (Å²) in [4.78, 5) is 14.0. The Hall–Kier alpha value is -1.09. The van der Waals surface area contributed by atoms with Crippen LogP contribution in [0.1, 0.15) is 17.4 Å².